The van der Waals surface area contributed by atoms with Crippen molar-refractivity contribution >= 4 is 11.6 Å². The number of hydrogen-bond acceptors (Lipinski definition) is 3. The van der Waals surface area contributed by atoms with E-state index < -0.39 is 12.2 Å². The maximum Gasteiger partial charge on any atom is 0.280 e. The van der Waals surface area contributed by atoms with Gasteiger partial charge >= 0.3 is 0 Å². The number of carbonyl (C=O) groups is 1. The van der Waals surface area contributed by atoms with Gasteiger partial charge in [0.1, 0.15) is 17.1 Å². The van der Waals surface area contributed by atoms with Gasteiger partial charge < -0.3 is 5.32 Å². The second-order valence-electron chi connectivity index (χ2n) is 9.82. The standard InChI is InChI=1S/C24H23F3N4O/c25-17-3-1-16(2-4-17)19-8-20(21(26)27)31-22(29-19)18(12-28-31)23(32)30-24-9-13-5-14(10-24)7-15(6-13)11-24/h1-4,8,12-15,21H,5-7,9-11H2,(H,30,32). The van der Waals surface area contributed by atoms with Crippen molar-refractivity contribution in [2.24, 2.45) is 17.8 Å². The molecule has 32 heavy (non-hydrogen) atoms. The molecule has 4 aliphatic rings. The summed E-state index contributed by atoms with van der Waals surface area (Å²) in [6.45, 7) is 0. The van der Waals surface area contributed by atoms with Gasteiger partial charge in [-0.05, 0) is 86.6 Å². The van der Waals surface area contributed by atoms with Gasteiger partial charge in [-0.25, -0.2) is 22.7 Å². The van der Waals surface area contributed by atoms with Gasteiger partial charge in [-0.2, -0.15) is 5.10 Å². The third-order valence-corrected chi connectivity index (χ3v) is 7.52. The minimum Gasteiger partial charge on any atom is -0.346 e. The predicted molar refractivity (Wildman–Crippen MR) is 112 cm³/mol. The van der Waals surface area contributed by atoms with Gasteiger partial charge in [0.15, 0.2) is 5.65 Å². The van der Waals surface area contributed by atoms with Crippen LogP contribution in [0, 0.1) is 23.6 Å². The highest BCUT2D eigenvalue weighted by atomic mass is 19.3. The SMILES string of the molecule is O=C(NC12CC3CC(CC(C3)C1)C2)c1cnn2c(C(F)F)cc(-c3ccc(F)cc3)nc12. The average Bonchev–Trinajstić information content (AvgIpc) is 3.16. The Labute approximate surface area is 183 Å². The van der Waals surface area contributed by atoms with Crippen LogP contribution in [0.5, 0.6) is 0 Å². The van der Waals surface area contributed by atoms with Gasteiger partial charge in [0.25, 0.3) is 12.3 Å². The van der Waals surface area contributed by atoms with E-state index in [9.17, 15) is 18.0 Å². The number of alkyl halides is 2. The van der Waals surface area contributed by atoms with Crippen molar-refractivity contribution in [3.05, 3.63) is 53.6 Å². The van der Waals surface area contributed by atoms with Gasteiger partial charge in [0.05, 0.1) is 11.9 Å². The Bertz CT molecular complexity index is 1170. The summed E-state index contributed by atoms with van der Waals surface area (Å²) >= 11 is 0. The summed E-state index contributed by atoms with van der Waals surface area (Å²) in [6.07, 6.45) is 5.24. The van der Waals surface area contributed by atoms with E-state index in [-0.39, 0.29) is 34.0 Å². The molecule has 4 saturated carbocycles. The lowest BCUT2D eigenvalue weighted by Gasteiger charge is -2.56. The van der Waals surface area contributed by atoms with E-state index in [1.807, 2.05) is 0 Å². The Morgan fingerprint density at radius 3 is 2.28 bits per heavy atom. The van der Waals surface area contributed by atoms with Crippen LogP contribution in [0.1, 0.15) is 61.0 Å². The monoisotopic (exact) mass is 440 g/mol. The number of aromatic nitrogens is 3. The molecule has 0 unspecified atom stereocenters. The molecule has 7 rings (SSSR count). The maximum absolute atomic E-state index is 13.8. The van der Waals surface area contributed by atoms with E-state index in [1.165, 1.54) is 55.8 Å². The van der Waals surface area contributed by atoms with Crippen LogP contribution in [-0.2, 0) is 0 Å². The third-order valence-electron chi connectivity index (χ3n) is 7.52. The summed E-state index contributed by atoms with van der Waals surface area (Å²) in [7, 11) is 0. The smallest absolute Gasteiger partial charge is 0.280 e. The Morgan fingerprint density at radius 1 is 1.06 bits per heavy atom. The van der Waals surface area contributed by atoms with Crippen molar-refractivity contribution in [1.29, 1.82) is 0 Å². The molecule has 2 heterocycles. The van der Waals surface area contributed by atoms with Crippen molar-refractivity contribution in [2.75, 3.05) is 0 Å². The van der Waals surface area contributed by atoms with Crippen LogP contribution >= 0.6 is 0 Å². The molecule has 0 saturated heterocycles. The van der Waals surface area contributed by atoms with Gasteiger partial charge in [0.2, 0.25) is 0 Å². The fourth-order valence-corrected chi connectivity index (χ4v) is 6.64. The van der Waals surface area contributed by atoms with Gasteiger partial charge in [-0.15, -0.1) is 0 Å². The minimum atomic E-state index is -2.81. The molecule has 3 aromatic rings. The van der Waals surface area contributed by atoms with Gasteiger partial charge in [-0.1, -0.05) is 0 Å². The zero-order valence-corrected chi connectivity index (χ0v) is 17.4. The average molecular weight is 440 g/mol. The van der Waals surface area contributed by atoms with Crippen LogP contribution in [-0.4, -0.2) is 26.0 Å². The Morgan fingerprint density at radius 2 is 1.69 bits per heavy atom. The van der Waals surface area contributed by atoms with Crippen molar-refractivity contribution in [3.63, 3.8) is 0 Å². The topological polar surface area (TPSA) is 59.3 Å². The molecule has 8 heteroatoms. The van der Waals surface area contributed by atoms with E-state index in [4.69, 9.17) is 0 Å². The molecule has 4 aliphatic carbocycles. The molecular weight excluding hydrogens is 417 g/mol. The fraction of sp³-hybridized carbons (Fsp3) is 0.458. The number of fused-ring (bicyclic) bond motifs is 1. The first-order valence-electron chi connectivity index (χ1n) is 11.1. The number of rotatable bonds is 4. The van der Waals surface area contributed by atoms with Gasteiger partial charge in [-0.3, -0.25) is 4.79 Å². The molecule has 0 atom stereocenters. The van der Waals surface area contributed by atoms with Crippen molar-refractivity contribution in [3.8, 4) is 11.3 Å². The molecule has 166 valence electrons. The van der Waals surface area contributed by atoms with Gasteiger partial charge in [0, 0.05) is 11.1 Å². The Balaban J connectivity index is 1.39. The predicted octanol–water partition coefficient (Wildman–Crippen LogP) is 5.17. The number of carbonyl (C=O) groups excluding carboxylic acids is 1. The summed E-state index contributed by atoms with van der Waals surface area (Å²) < 4.78 is 42.0. The summed E-state index contributed by atoms with van der Waals surface area (Å²) in [4.78, 5) is 17.8. The van der Waals surface area contributed by atoms with Crippen LogP contribution in [0.2, 0.25) is 0 Å². The molecule has 1 N–H and O–H groups in total. The Kier molecular flexibility index (Phi) is 4.35. The number of amides is 1. The molecule has 4 fully saturated rings. The molecule has 2 aromatic heterocycles. The van der Waals surface area contributed by atoms with E-state index >= 15 is 0 Å². The molecule has 0 aliphatic heterocycles. The number of nitrogens with zero attached hydrogens (tertiary/aromatic N) is 3. The highest BCUT2D eigenvalue weighted by Gasteiger charge is 2.51. The first-order chi connectivity index (χ1) is 15.4. The number of hydrogen-bond donors (Lipinski definition) is 1. The Hall–Kier alpha value is -2.90. The number of nitrogens with one attached hydrogen (secondary N) is 1. The van der Waals surface area contributed by atoms with Crippen LogP contribution in [0.15, 0.2) is 36.5 Å². The third kappa shape index (κ3) is 3.19. The second-order valence-corrected chi connectivity index (χ2v) is 9.82. The van der Waals surface area contributed by atoms with Crippen molar-refractivity contribution in [2.45, 2.75) is 50.5 Å². The highest BCUT2D eigenvalue weighted by molar-refractivity contribution is 6.00. The molecule has 1 aromatic carbocycles. The molecule has 0 radical (unpaired) electrons. The lowest BCUT2D eigenvalue weighted by molar-refractivity contribution is -0.0166. The zero-order valence-electron chi connectivity index (χ0n) is 17.4. The number of halogens is 3. The molecule has 4 bridgehead atoms. The molecule has 0 spiro atoms. The molecular formula is C24H23F3N4O. The molecule has 5 nitrogen and oxygen atoms in total. The zero-order chi connectivity index (χ0) is 22.0. The normalized spacial score (nSPS) is 28.6. The highest BCUT2D eigenvalue weighted by Crippen LogP contribution is 2.55. The van der Waals surface area contributed by atoms with E-state index in [0.717, 1.165) is 23.8 Å². The summed E-state index contributed by atoms with van der Waals surface area (Å²) in [5.41, 5.74) is 0.445. The van der Waals surface area contributed by atoms with Crippen LogP contribution in [0.25, 0.3) is 16.9 Å². The quantitative estimate of drug-likeness (QED) is 0.609. The largest absolute Gasteiger partial charge is 0.346 e. The summed E-state index contributed by atoms with van der Waals surface area (Å²) in [5.74, 6) is 1.26. The summed E-state index contributed by atoms with van der Waals surface area (Å²) in [5, 5.41) is 7.32. The first kappa shape index (κ1) is 19.8. The van der Waals surface area contributed by atoms with Crippen LogP contribution in [0.3, 0.4) is 0 Å². The van der Waals surface area contributed by atoms with Crippen molar-refractivity contribution in [1.82, 2.24) is 19.9 Å². The van der Waals surface area contributed by atoms with Crippen LogP contribution < -0.4 is 5.32 Å². The lowest BCUT2D eigenvalue weighted by Crippen LogP contribution is -2.59. The van der Waals surface area contributed by atoms with Crippen molar-refractivity contribution < 1.29 is 18.0 Å². The molecule has 1 amide bonds. The van der Waals surface area contributed by atoms with E-state index in [0.29, 0.717) is 23.3 Å². The summed E-state index contributed by atoms with van der Waals surface area (Å²) in [6, 6.07) is 6.70. The first-order valence-corrected chi connectivity index (χ1v) is 11.1. The van der Waals surface area contributed by atoms with E-state index in [2.05, 4.69) is 15.4 Å². The van der Waals surface area contributed by atoms with Crippen LogP contribution in [0.4, 0.5) is 13.2 Å². The number of benzene rings is 1. The lowest BCUT2D eigenvalue weighted by atomic mass is 9.53. The maximum atomic E-state index is 13.8. The second kappa shape index (κ2) is 7.05. The van der Waals surface area contributed by atoms with E-state index in [1.54, 1.807) is 0 Å². The minimum absolute atomic E-state index is 0.0874. The fourth-order valence-electron chi connectivity index (χ4n) is 6.64.